The zero-order valence-corrected chi connectivity index (χ0v) is 10.3. The summed E-state index contributed by atoms with van der Waals surface area (Å²) in [5, 5.41) is 3.25. The Labute approximate surface area is 92.3 Å². The summed E-state index contributed by atoms with van der Waals surface area (Å²) in [4.78, 5) is 4.27. The molecule has 86 valence electrons. The molecule has 3 heteroatoms. The molecule has 0 amide bonds. The molecule has 3 nitrogen and oxygen atoms in total. The fourth-order valence-corrected chi connectivity index (χ4v) is 1.44. The summed E-state index contributed by atoms with van der Waals surface area (Å²) >= 11 is 0. The summed E-state index contributed by atoms with van der Waals surface area (Å²) in [5.74, 6) is 1.84. The topological polar surface area (TPSA) is 38.1 Å². The first-order valence-electron chi connectivity index (χ1n) is 5.65. The van der Waals surface area contributed by atoms with E-state index in [0.29, 0.717) is 0 Å². The Hall–Kier alpha value is -0.830. The zero-order valence-electron chi connectivity index (χ0n) is 10.3. The molecule has 0 bridgehead atoms. The molecule has 0 unspecified atom stereocenters. The lowest BCUT2D eigenvalue weighted by Gasteiger charge is -2.15. The van der Waals surface area contributed by atoms with E-state index in [2.05, 4.69) is 38.0 Å². The third kappa shape index (κ3) is 4.98. The van der Waals surface area contributed by atoms with E-state index in [1.54, 1.807) is 0 Å². The highest BCUT2D eigenvalue weighted by molar-refractivity contribution is 4.97. The Morgan fingerprint density at radius 3 is 2.73 bits per heavy atom. The van der Waals surface area contributed by atoms with Crippen molar-refractivity contribution in [2.75, 3.05) is 13.1 Å². The van der Waals surface area contributed by atoms with Gasteiger partial charge in [-0.3, -0.25) is 0 Å². The lowest BCUT2D eigenvalue weighted by Crippen LogP contribution is -2.16. The molecular formula is C12H22N2O. The van der Waals surface area contributed by atoms with Crippen LogP contribution in [-0.4, -0.2) is 18.1 Å². The van der Waals surface area contributed by atoms with E-state index in [0.717, 1.165) is 37.6 Å². The average molecular weight is 210 g/mol. The minimum Gasteiger partial charge on any atom is -0.446 e. The van der Waals surface area contributed by atoms with Crippen LogP contribution < -0.4 is 5.32 Å². The third-order valence-corrected chi connectivity index (χ3v) is 2.07. The summed E-state index contributed by atoms with van der Waals surface area (Å²) in [6, 6.07) is 0. The average Bonchev–Trinajstić information content (AvgIpc) is 2.50. The van der Waals surface area contributed by atoms with Crippen LogP contribution in [0.2, 0.25) is 0 Å². The van der Waals surface area contributed by atoms with Crippen LogP contribution in [0.1, 0.15) is 39.3 Å². The number of oxazole rings is 1. The number of hydrogen-bond acceptors (Lipinski definition) is 3. The van der Waals surface area contributed by atoms with E-state index in [1.165, 1.54) is 0 Å². The van der Waals surface area contributed by atoms with E-state index < -0.39 is 0 Å². The molecule has 0 fully saturated rings. The summed E-state index contributed by atoms with van der Waals surface area (Å²) in [5.41, 5.74) is 0.262. The highest BCUT2D eigenvalue weighted by atomic mass is 16.4. The summed E-state index contributed by atoms with van der Waals surface area (Å²) in [6.45, 7) is 10.6. The molecule has 0 atom stereocenters. The molecule has 0 aliphatic rings. The molecule has 0 saturated heterocycles. The molecule has 0 spiro atoms. The predicted molar refractivity (Wildman–Crippen MR) is 61.9 cm³/mol. The first-order valence-corrected chi connectivity index (χ1v) is 5.65. The predicted octanol–water partition coefficient (Wildman–Crippen LogP) is 2.42. The van der Waals surface area contributed by atoms with Crippen LogP contribution in [0.3, 0.4) is 0 Å². The molecule has 0 aromatic carbocycles. The smallest absolute Gasteiger partial charge is 0.195 e. The molecule has 1 aromatic rings. The fraction of sp³-hybridized carbons (Fsp3) is 0.750. The molecule has 0 aliphatic heterocycles. The van der Waals surface area contributed by atoms with Crippen LogP contribution in [-0.2, 0) is 12.8 Å². The molecule has 1 heterocycles. The number of aromatic nitrogens is 1. The molecule has 1 rings (SSSR count). The number of hydrogen-bond donors (Lipinski definition) is 1. The third-order valence-electron chi connectivity index (χ3n) is 2.07. The summed E-state index contributed by atoms with van der Waals surface area (Å²) in [7, 11) is 0. The van der Waals surface area contributed by atoms with Crippen LogP contribution in [0.5, 0.6) is 0 Å². The maximum absolute atomic E-state index is 5.66. The SMILES string of the molecule is CCNCCc1ncc(CC(C)(C)C)o1. The number of likely N-dealkylation sites (N-methyl/N-ethyl adjacent to an activating group) is 1. The standard InChI is InChI=1S/C12H22N2O/c1-5-13-7-6-11-14-9-10(15-11)8-12(2,3)4/h9,13H,5-8H2,1-4H3. The van der Waals surface area contributed by atoms with Crippen molar-refractivity contribution in [3.8, 4) is 0 Å². The Kier molecular flexibility index (Phi) is 4.33. The maximum atomic E-state index is 5.66. The van der Waals surface area contributed by atoms with Gasteiger partial charge in [0.2, 0.25) is 0 Å². The molecular weight excluding hydrogens is 188 g/mol. The van der Waals surface area contributed by atoms with E-state index in [1.807, 2.05) is 6.20 Å². The van der Waals surface area contributed by atoms with Gasteiger partial charge in [0, 0.05) is 19.4 Å². The second-order valence-corrected chi connectivity index (χ2v) is 5.06. The Bertz CT molecular complexity index is 286. The lowest BCUT2D eigenvalue weighted by atomic mass is 9.91. The summed E-state index contributed by atoms with van der Waals surface area (Å²) < 4.78 is 5.66. The minimum absolute atomic E-state index is 0.262. The van der Waals surface area contributed by atoms with Crippen molar-refractivity contribution in [1.82, 2.24) is 10.3 Å². The van der Waals surface area contributed by atoms with Crippen LogP contribution in [0, 0.1) is 5.41 Å². The van der Waals surface area contributed by atoms with Gasteiger partial charge in [-0.05, 0) is 12.0 Å². The molecule has 1 aromatic heterocycles. The van der Waals surface area contributed by atoms with E-state index in [-0.39, 0.29) is 5.41 Å². The summed E-state index contributed by atoms with van der Waals surface area (Å²) in [6.07, 6.45) is 3.67. The largest absolute Gasteiger partial charge is 0.446 e. The Morgan fingerprint density at radius 2 is 2.13 bits per heavy atom. The van der Waals surface area contributed by atoms with Gasteiger partial charge in [-0.2, -0.15) is 0 Å². The van der Waals surface area contributed by atoms with Crippen LogP contribution in [0.15, 0.2) is 10.6 Å². The number of nitrogens with zero attached hydrogens (tertiary/aromatic N) is 1. The van der Waals surface area contributed by atoms with Gasteiger partial charge in [0.25, 0.3) is 0 Å². The highest BCUT2D eigenvalue weighted by Crippen LogP contribution is 2.20. The molecule has 15 heavy (non-hydrogen) atoms. The fourth-order valence-electron chi connectivity index (χ4n) is 1.44. The van der Waals surface area contributed by atoms with Crippen molar-refractivity contribution in [3.63, 3.8) is 0 Å². The Balaban J connectivity index is 2.42. The first kappa shape index (κ1) is 12.2. The Morgan fingerprint density at radius 1 is 1.40 bits per heavy atom. The second-order valence-electron chi connectivity index (χ2n) is 5.06. The van der Waals surface area contributed by atoms with Crippen molar-refractivity contribution in [2.45, 2.75) is 40.5 Å². The quantitative estimate of drug-likeness (QED) is 0.758. The van der Waals surface area contributed by atoms with Gasteiger partial charge in [0.15, 0.2) is 5.89 Å². The van der Waals surface area contributed by atoms with Crippen molar-refractivity contribution < 1.29 is 4.42 Å². The van der Waals surface area contributed by atoms with E-state index in [4.69, 9.17) is 4.42 Å². The van der Waals surface area contributed by atoms with Crippen molar-refractivity contribution in [1.29, 1.82) is 0 Å². The van der Waals surface area contributed by atoms with Gasteiger partial charge in [-0.1, -0.05) is 27.7 Å². The van der Waals surface area contributed by atoms with E-state index in [9.17, 15) is 0 Å². The van der Waals surface area contributed by atoms with Gasteiger partial charge in [0.1, 0.15) is 5.76 Å². The first-order chi connectivity index (χ1) is 7.01. The number of rotatable bonds is 5. The lowest BCUT2D eigenvalue weighted by molar-refractivity contribution is 0.351. The molecule has 0 aliphatic carbocycles. The molecule has 1 N–H and O–H groups in total. The number of nitrogens with one attached hydrogen (secondary N) is 1. The van der Waals surface area contributed by atoms with Crippen LogP contribution >= 0.6 is 0 Å². The van der Waals surface area contributed by atoms with Gasteiger partial charge >= 0.3 is 0 Å². The molecule has 0 saturated carbocycles. The minimum atomic E-state index is 0.262. The highest BCUT2D eigenvalue weighted by Gasteiger charge is 2.14. The van der Waals surface area contributed by atoms with Crippen LogP contribution in [0.4, 0.5) is 0 Å². The van der Waals surface area contributed by atoms with Crippen molar-refractivity contribution in [2.24, 2.45) is 5.41 Å². The molecule has 0 radical (unpaired) electrons. The zero-order chi connectivity index (χ0) is 11.3. The van der Waals surface area contributed by atoms with Gasteiger partial charge in [0.05, 0.1) is 6.20 Å². The van der Waals surface area contributed by atoms with Crippen molar-refractivity contribution >= 4 is 0 Å². The van der Waals surface area contributed by atoms with Gasteiger partial charge in [-0.25, -0.2) is 4.98 Å². The van der Waals surface area contributed by atoms with E-state index >= 15 is 0 Å². The van der Waals surface area contributed by atoms with Crippen LogP contribution in [0.25, 0.3) is 0 Å². The van der Waals surface area contributed by atoms with Gasteiger partial charge < -0.3 is 9.73 Å². The second kappa shape index (κ2) is 5.31. The normalized spacial score (nSPS) is 12.0. The van der Waals surface area contributed by atoms with Gasteiger partial charge in [-0.15, -0.1) is 0 Å². The van der Waals surface area contributed by atoms with Crippen molar-refractivity contribution in [3.05, 3.63) is 17.8 Å². The maximum Gasteiger partial charge on any atom is 0.195 e. The monoisotopic (exact) mass is 210 g/mol.